The number of nitrogens with one attached hydrogen (secondary N) is 1. The lowest BCUT2D eigenvalue weighted by Crippen LogP contribution is -2.50. The molecule has 0 bridgehead atoms. The summed E-state index contributed by atoms with van der Waals surface area (Å²) in [5, 5.41) is 6.50. The van der Waals surface area contributed by atoms with Gasteiger partial charge in [0, 0.05) is 48.4 Å². The van der Waals surface area contributed by atoms with E-state index >= 15 is 0 Å². The fraction of sp³-hybridized carbons (Fsp3) is 0.391. The summed E-state index contributed by atoms with van der Waals surface area (Å²) in [4.78, 5) is 17.7. The van der Waals surface area contributed by atoms with Crippen LogP contribution in [-0.4, -0.2) is 23.6 Å². The smallest absolute Gasteiger partial charge is 0.273 e. The van der Waals surface area contributed by atoms with Crippen molar-refractivity contribution in [2.45, 2.75) is 57.1 Å². The molecule has 10 heteroatoms. The SMILES string of the molecule is Cc1cc(C2=NOC(c3cc(Cl)cc(C(C)(F)F)c3F)C2)ccc1C(=O)NC1CC(F)(F)C1. The van der Waals surface area contributed by atoms with Crippen molar-refractivity contribution in [1.82, 2.24) is 5.32 Å². The van der Waals surface area contributed by atoms with Crippen molar-refractivity contribution in [2.75, 3.05) is 0 Å². The van der Waals surface area contributed by atoms with Gasteiger partial charge in [0.25, 0.3) is 17.8 Å². The number of amides is 1. The maximum atomic E-state index is 14.8. The molecule has 1 amide bonds. The van der Waals surface area contributed by atoms with Crippen molar-refractivity contribution in [3.8, 4) is 0 Å². The zero-order valence-corrected chi connectivity index (χ0v) is 18.5. The Hall–Kier alpha value is -2.68. The van der Waals surface area contributed by atoms with E-state index < -0.39 is 41.3 Å². The Morgan fingerprint density at radius 2 is 1.94 bits per heavy atom. The number of hydrogen-bond acceptors (Lipinski definition) is 3. The predicted molar refractivity (Wildman–Crippen MR) is 113 cm³/mol. The third kappa shape index (κ3) is 4.83. The minimum Gasteiger partial charge on any atom is -0.387 e. The van der Waals surface area contributed by atoms with E-state index in [2.05, 4.69) is 10.5 Å². The molecule has 1 N–H and O–H groups in total. The Morgan fingerprint density at radius 3 is 2.55 bits per heavy atom. The van der Waals surface area contributed by atoms with Crippen molar-refractivity contribution in [3.05, 3.63) is 69.0 Å². The highest BCUT2D eigenvalue weighted by molar-refractivity contribution is 6.30. The number of carbonyl (C=O) groups excluding carboxylic acids is 1. The summed E-state index contributed by atoms with van der Waals surface area (Å²) in [6.45, 7) is 2.27. The molecule has 1 aliphatic heterocycles. The number of nitrogens with zero attached hydrogens (tertiary/aromatic N) is 1. The van der Waals surface area contributed by atoms with Gasteiger partial charge in [0.1, 0.15) is 5.82 Å². The van der Waals surface area contributed by atoms with Crippen LogP contribution in [0.5, 0.6) is 0 Å². The first-order valence-corrected chi connectivity index (χ1v) is 10.6. The van der Waals surface area contributed by atoms with Crippen molar-refractivity contribution in [3.63, 3.8) is 0 Å². The van der Waals surface area contributed by atoms with E-state index in [0.717, 1.165) is 6.07 Å². The van der Waals surface area contributed by atoms with Gasteiger partial charge in [-0.1, -0.05) is 22.8 Å². The van der Waals surface area contributed by atoms with Crippen LogP contribution in [0.3, 0.4) is 0 Å². The second-order valence-electron chi connectivity index (χ2n) is 8.55. The number of oxime groups is 1. The predicted octanol–water partition coefficient (Wildman–Crippen LogP) is 6.29. The maximum Gasteiger partial charge on any atom is 0.273 e. The Balaban J connectivity index is 1.48. The molecule has 1 atom stereocenters. The van der Waals surface area contributed by atoms with Gasteiger partial charge in [0.2, 0.25) is 0 Å². The standard InChI is InChI=1S/C23H20ClF5N2O2/c1-11-5-12(3-4-15(11)21(32)30-14-9-23(28,29)10-14)18-8-19(33-31-18)16-6-13(24)7-17(20(16)25)22(2,26)27/h3-7,14,19H,8-10H2,1-2H3,(H,30,32). The number of aryl methyl sites for hydroxylation is 1. The summed E-state index contributed by atoms with van der Waals surface area (Å²) in [5.74, 6) is -7.70. The fourth-order valence-electron chi connectivity index (χ4n) is 4.00. The van der Waals surface area contributed by atoms with Crippen molar-refractivity contribution in [1.29, 1.82) is 0 Å². The van der Waals surface area contributed by atoms with Gasteiger partial charge < -0.3 is 10.2 Å². The number of rotatable bonds is 5. The van der Waals surface area contributed by atoms with Gasteiger partial charge in [-0.05, 0) is 42.3 Å². The van der Waals surface area contributed by atoms with Gasteiger partial charge in [-0.15, -0.1) is 0 Å². The molecule has 1 aliphatic carbocycles. The molecule has 0 radical (unpaired) electrons. The Kier molecular flexibility index (Phi) is 5.88. The highest BCUT2D eigenvalue weighted by atomic mass is 35.5. The third-order valence-corrected chi connectivity index (χ3v) is 6.00. The van der Waals surface area contributed by atoms with Gasteiger partial charge in [-0.3, -0.25) is 4.79 Å². The van der Waals surface area contributed by atoms with Gasteiger partial charge in [0.05, 0.1) is 11.3 Å². The van der Waals surface area contributed by atoms with Crippen LogP contribution in [0.25, 0.3) is 0 Å². The molecule has 33 heavy (non-hydrogen) atoms. The molecule has 1 unspecified atom stereocenters. The number of alkyl halides is 4. The second kappa shape index (κ2) is 8.27. The molecule has 4 rings (SSSR count). The zero-order chi connectivity index (χ0) is 24.1. The molecule has 1 saturated carbocycles. The Morgan fingerprint density at radius 1 is 1.24 bits per heavy atom. The fourth-order valence-corrected chi connectivity index (χ4v) is 4.23. The minimum atomic E-state index is -3.42. The van der Waals surface area contributed by atoms with Crippen LogP contribution in [-0.2, 0) is 10.8 Å². The summed E-state index contributed by atoms with van der Waals surface area (Å²) < 4.78 is 68.2. The van der Waals surface area contributed by atoms with Crippen molar-refractivity contribution < 1.29 is 31.6 Å². The normalized spacial score (nSPS) is 20.1. The molecule has 2 aromatic rings. The molecule has 176 valence electrons. The van der Waals surface area contributed by atoms with Crippen LogP contribution in [0.1, 0.15) is 64.9 Å². The van der Waals surface area contributed by atoms with E-state index in [1.807, 2.05) is 0 Å². The van der Waals surface area contributed by atoms with E-state index in [-0.39, 0.29) is 29.8 Å². The lowest BCUT2D eigenvalue weighted by Gasteiger charge is -2.35. The number of hydrogen-bond donors (Lipinski definition) is 1. The highest BCUT2D eigenvalue weighted by Crippen LogP contribution is 2.39. The van der Waals surface area contributed by atoms with Crippen molar-refractivity contribution >= 4 is 23.2 Å². The van der Waals surface area contributed by atoms with Crippen LogP contribution in [0.15, 0.2) is 35.5 Å². The summed E-state index contributed by atoms with van der Waals surface area (Å²) >= 11 is 5.92. The topological polar surface area (TPSA) is 50.7 Å². The largest absolute Gasteiger partial charge is 0.387 e. The van der Waals surface area contributed by atoms with E-state index in [9.17, 15) is 26.7 Å². The molecule has 4 nitrogen and oxygen atoms in total. The molecule has 2 aromatic carbocycles. The Bertz CT molecular complexity index is 1140. The molecule has 1 heterocycles. The van der Waals surface area contributed by atoms with Gasteiger partial charge >= 0.3 is 0 Å². The average molecular weight is 487 g/mol. The Labute approximate surface area is 191 Å². The number of halogens is 6. The average Bonchev–Trinajstić information content (AvgIpc) is 3.17. The van der Waals surface area contributed by atoms with Crippen LogP contribution in [0.4, 0.5) is 22.0 Å². The monoisotopic (exact) mass is 486 g/mol. The maximum absolute atomic E-state index is 14.8. The molecular weight excluding hydrogens is 467 g/mol. The molecule has 2 aliphatic rings. The molecule has 0 aromatic heterocycles. The van der Waals surface area contributed by atoms with Crippen LogP contribution in [0.2, 0.25) is 5.02 Å². The van der Waals surface area contributed by atoms with Gasteiger partial charge in [-0.2, -0.15) is 0 Å². The summed E-state index contributed by atoms with van der Waals surface area (Å²) in [5.41, 5.74) is 1.02. The van der Waals surface area contributed by atoms with Gasteiger partial charge in [-0.25, -0.2) is 22.0 Å². The first kappa shape index (κ1) is 23.5. The van der Waals surface area contributed by atoms with Crippen LogP contribution < -0.4 is 5.32 Å². The number of carbonyl (C=O) groups is 1. The van der Waals surface area contributed by atoms with E-state index in [1.165, 1.54) is 6.07 Å². The van der Waals surface area contributed by atoms with E-state index in [4.69, 9.17) is 16.4 Å². The molecule has 0 saturated heterocycles. The first-order valence-electron chi connectivity index (χ1n) is 10.2. The lowest BCUT2D eigenvalue weighted by atomic mass is 9.88. The minimum absolute atomic E-state index is 0.0459. The zero-order valence-electron chi connectivity index (χ0n) is 17.7. The first-order chi connectivity index (χ1) is 15.3. The lowest BCUT2D eigenvalue weighted by molar-refractivity contribution is -0.0901. The van der Waals surface area contributed by atoms with Gasteiger partial charge in [0.15, 0.2) is 6.10 Å². The number of benzene rings is 2. The molecular formula is C23H20ClF5N2O2. The van der Waals surface area contributed by atoms with E-state index in [0.29, 0.717) is 29.3 Å². The second-order valence-corrected chi connectivity index (χ2v) is 8.98. The highest BCUT2D eigenvalue weighted by Gasteiger charge is 2.46. The van der Waals surface area contributed by atoms with Crippen molar-refractivity contribution in [2.24, 2.45) is 5.16 Å². The van der Waals surface area contributed by atoms with Crippen LogP contribution >= 0.6 is 11.6 Å². The van der Waals surface area contributed by atoms with E-state index in [1.54, 1.807) is 25.1 Å². The summed E-state index contributed by atoms with van der Waals surface area (Å²) in [7, 11) is 0. The molecule has 0 spiro atoms. The third-order valence-electron chi connectivity index (χ3n) is 5.78. The summed E-state index contributed by atoms with van der Waals surface area (Å²) in [6, 6.07) is 6.39. The molecule has 1 fully saturated rings. The summed E-state index contributed by atoms with van der Waals surface area (Å²) in [6.07, 6.45) is -1.59. The van der Waals surface area contributed by atoms with Crippen LogP contribution in [0, 0.1) is 12.7 Å². The quantitative estimate of drug-likeness (QED) is 0.505.